The summed E-state index contributed by atoms with van der Waals surface area (Å²) in [4.78, 5) is 2.09. The number of rotatable bonds is 2. The Morgan fingerprint density at radius 1 is 1.64 bits per heavy atom. The second-order valence-corrected chi connectivity index (χ2v) is 4.02. The van der Waals surface area contributed by atoms with Gasteiger partial charge in [0.05, 0.1) is 0 Å². The van der Waals surface area contributed by atoms with Crippen LogP contribution in [0.2, 0.25) is 0 Å². The summed E-state index contributed by atoms with van der Waals surface area (Å²) in [5.74, 6) is 0. The van der Waals surface area contributed by atoms with Gasteiger partial charge in [-0.1, -0.05) is 13.8 Å². The third-order valence-corrected chi connectivity index (χ3v) is 2.49. The Bertz CT molecular complexity index is 136. The average molecular weight is 160 g/mol. The van der Waals surface area contributed by atoms with Crippen molar-refractivity contribution < 1.29 is 4.39 Å². The lowest BCUT2D eigenvalue weighted by Gasteiger charge is -2.21. The molecule has 2 N–H and O–H groups in total. The van der Waals surface area contributed by atoms with Crippen molar-refractivity contribution in [2.45, 2.75) is 19.9 Å². The van der Waals surface area contributed by atoms with Crippen LogP contribution in [0.15, 0.2) is 0 Å². The first-order valence-corrected chi connectivity index (χ1v) is 4.10. The maximum atomic E-state index is 11.9. The summed E-state index contributed by atoms with van der Waals surface area (Å²) in [7, 11) is 0. The fraction of sp³-hybridized carbons (Fsp3) is 1.00. The number of halogens is 1. The summed E-state index contributed by atoms with van der Waals surface area (Å²) < 4.78 is 11.9. The quantitative estimate of drug-likeness (QED) is 0.642. The molecule has 11 heavy (non-hydrogen) atoms. The van der Waals surface area contributed by atoms with Crippen LogP contribution in [-0.2, 0) is 0 Å². The van der Waals surface area contributed by atoms with E-state index in [0.29, 0.717) is 6.54 Å². The van der Waals surface area contributed by atoms with E-state index >= 15 is 0 Å². The van der Waals surface area contributed by atoms with Crippen molar-refractivity contribution in [3.05, 3.63) is 0 Å². The Morgan fingerprint density at radius 2 is 2.27 bits per heavy atom. The molecule has 0 saturated carbocycles. The van der Waals surface area contributed by atoms with Crippen molar-refractivity contribution in [2.75, 3.05) is 26.3 Å². The van der Waals surface area contributed by atoms with Gasteiger partial charge in [0, 0.05) is 25.7 Å². The fourth-order valence-electron chi connectivity index (χ4n) is 1.57. The Morgan fingerprint density at radius 3 is 2.64 bits per heavy atom. The molecule has 0 aromatic carbocycles. The maximum absolute atomic E-state index is 11.9. The molecule has 66 valence electrons. The molecular formula is C8H17FN2. The van der Waals surface area contributed by atoms with E-state index in [1.54, 1.807) is 0 Å². The molecule has 1 rings (SSSR count). The molecule has 0 spiro atoms. The van der Waals surface area contributed by atoms with Crippen molar-refractivity contribution in [1.82, 2.24) is 4.90 Å². The smallest absolute Gasteiger partial charge is 0.102 e. The van der Waals surface area contributed by atoms with Crippen LogP contribution in [0.5, 0.6) is 0 Å². The predicted molar refractivity (Wildman–Crippen MR) is 44.2 cm³/mol. The fourth-order valence-corrected chi connectivity index (χ4v) is 1.57. The van der Waals surface area contributed by atoms with Gasteiger partial charge in [-0.2, -0.15) is 0 Å². The molecule has 1 saturated heterocycles. The SMILES string of the molecule is CC1(C)CN(CCF)CC1N. The predicted octanol–water partition coefficient (Wildman–Crippen LogP) is 0.625. The summed E-state index contributed by atoms with van der Waals surface area (Å²) in [6.07, 6.45) is 0. The molecule has 1 aliphatic rings. The molecule has 0 aromatic heterocycles. The number of hydrogen-bond donors (Lipinski definition) is 1. The van der Waals surface area contributed by atoms with Gasteiger partial charge in [-0.15, -0.1) is 0 Å². The van der Waals surface area contributed by atoms with E-state index in [-0.39, 0.29) is 18.1 Å². The van der Waals surface area contributed by atoms with E-state index in [1.165, 1.54) is 0 Å². The zero-order valence-electron chi connectivity index (χ0n) is 7.31. The Balaban J connectivity index is 2.43. The summed E-state index contributed by atoms with van der Waals surface area (Å²) in [6, 6.07) is 0.203. The van der Waals surface area contributed by atoms with Crippen LogP contribution in [-0.4, -0.2) is 37.3 Å². The summed E-state index contributed by atoms with van der Waals surface area (Å²) in [5.41, 5.74) is 6.03. The molecule has 1 unspecified atom stereocenters. The number of likely N-dealkylation sites (tertiary alicyclic amines) is 1. The first kappa shape index (κ1) is 8.94. The lowest BCUT2D eigenvalue weighted by molar-refractivity contribution is 0.264. The zero-order chi connectivity index (χ0) is 8.48. The highest BCUT2D eigenvalue weighted by Crippen LogP contribution is 2.27. The second kappa shape index (κ2) is 3.07. The molecule has 1 aliphatic heterocycles. The number of alkyl halides is 1. The Labute approximate surface area is 67.6 Å². The second-order valence-electron chi connectivity index (χ2n) is 4.02. The lowest BCUT2D eigenvalue weighted by Crippen LogP contribution is -2.35. The van der Waals surface area contributed by atoms with Crippen LogP contribution < -0.4 is 5.73 Å². The average Bonchev–Trinajstić information content (AvgIpc) is 2.08. The van der Waals surface area contributed by atoms with Gasteiger partial charge in [-0.05, 0) is 5.41 Å². The highest BCUT2D eigenvalue weighted by molar-refractivity contribution is 4.93. The third kappa shape index (κ3) is 1.91. The molecule has 1 atom stereocenters. The summed E-state index contributed by atoms with van der Waals surface area (Å²) in [6.45, 7) is 6.32. The lowest BCUT2D eigenvalue weighted by atomic mass is 9.89. The van der Waals surface area contributed by atoms with E-state index in [0.717, 1.165) is 13.1 Å². The molecule has 0 amide bonds. The standard InChI is InChI=1S/C8H17FN2/c1-8(2)6-11(4-3-9)5-7(8)10/h7H,3-6,10H2,1-2H3. The zero-order valence-corrected chi connectivity index (χ0v) is 7.31. The minimum Gasteiger partial charge on any atom is -0.326 e. The topological polar surface area (TPSA) is 29.3 Å². The van der Waals surface area contributed by atoms with Crippen LogP contribution >= 0.6 is 0 Å². The van der Waals surface area contributed by atoms with Crippen molar-refractivity contribution in [2.24, 2.45) is 11.1 Å². The van der Waals surface area contributed by atoms with Crippen LogP contribution in [0.25, 0.3) is 0 Å². The highest BCUT2D eigenvalue weighted by atomic mass is 19.1. The summed E-state index contributed by atoms with van der Waals surface area (Å²) in [5, 5.41) is 0. The maximum Gasteiger partial charge on any atom is 0.102 e. The summed E-state index contributed by atoms with van der Waals surface area (Å²) >= 11 is 0. The molecular weight excluding hydrogens is 143 g/mol. The van der Waals surface area contributed by atoms with Gasteiger partial charge in [0.25, 0.3) is 0 Å². The van der Waals surface area contributed by atoms with Gasteiger partial charge in [0.15, 0.2) is 0 Å². The van der Waals surface area contributed by atoms with Gasteiger partial charge in [0.1, 0.15) is 6.67 Å². The Kier molecular flexibility index (Phi) is 2.50. The number of nitrogens with two attached hydrogens (primary N) is 1. The van der Waals surface area contributed by atoms with Crippen LogP contribution in [0.3, 0.4) is 0 Å². The van der Waals surface area contributed by atoms with Gasteiger partial charge in [-0.25, -0.2) is 4.39 Å². The monoisotopic (exact) mass is 160 g/mol. The molecule has 0 radical (unpaired) electrons. The van der Waals surface area contributed by atoms with Crippen LogP contribution in [0.4, 0.5) is 4.39 Å². The Hall–Kier alpha value is -0.150. The van der Waals surface area contributed by atoms with Gasteiger partial charge in [-0.3, -0.25) is 4.90 Å². The van der Waals surface area contributed by atoms with Crippen molar-refractivity contribution >= 4 is 0 Å². The van der Waals surface area contributed by atoms with E-state index in [4.69, 9.17) is 5.73 Å². The molecule has 0 aliphatic carbocycles. The van der Waals surface area contributed by atoms with Crippen LogP contribution in [0, 0.1) is 5.41 Å². The molecule has 0 bridgehead atoms. The van der Waals surface area contributed by atoms with Gasteiger partial charge >= 0.3 is 0 Å². The van der Waals surface area contributed by atoms with Crippen molar-refractivity contribution in [3.63, 3.8) is 0 Å². The molecule has 1 fully saturated rings. The molecule has 2 nitrogen and oxygen atoms in total. The van der Waals surface area contributed by atoms with E-state index in [2.05, 4.69) is 18.7 Å². The van der Waals surface area contributed by atoms with Crippen LogP contribution in [0.1, 0.15) is 13.8 Å². The van der Waals surface area contributed by atoms with Crippen molar-refractivity contribution in [1.29, 1.82) is 0 Å². The van der Waals surface area contributed by atoms with Gasteiger partial charge < -0.3 is 5.73 Å². The van der Waals surface area contributed by atoms with Gasteiger partial charge in [0.2, 0.25) is 0 Å². The van der Waals surface area contributed by atoms with Crippen molar-refractivity contribution in [3.8, 4) is 0 Å². The number of nitrogens with zero attached hydrogens (tertiary/aromatic N) is 1. The molecule has 0 aromatic rings. The first-order valence-electron chi connectivity index (χ1n) is 4.10. The normalized spacial score (nSPS) is 31.1. The highest BCUT2D eigenvalue weighted by Gasteiger charge is 2.36. The van der Waals surface area contributed by atoms with E-state index in [9.17, 15) is 4.39 Å². The minimum absolute atomic E-state index is 0.162. The van der Waals surface area contributed by atoms with E-state index in [1.807, 2.05) is 0 Å². The number of hydrogen-bond acceptors (Lipinski definition) is 2. The minimum atomic E-state index is -0.261. The first-order chi connectivity index (χ1) is 5.06. The third-order valence-electron chi connectivity index (χ3n) is 2.49. The van der Waals surface area contributed by atoms with E-state index < -0.39 is 0 Å². The molecule has 1 heterocycles. The largest absolute Gasteiger partial charge is 0.326 e. The molecule has 3 heteroatoms.